The van der Waals surface area contributed by atoms with Gasteiger partial charge >= 0.3 is 11.9 Å². The van der Waals surface area contributed by atoms with Crippen molar-refractivity contribution in [2.75, 3.05) is 28.4 Å². The van der Waals surface area contributed by atoms with Crippen LogP contribution < -0.4 is 18.9 Å². The van der Waals surface area contributed by atoms with Crippen molar-refractivity contribution >= 4 is 11.9 Å². The second-order valence-corrected chi connectivity index (χ2v) is 6.37. The van der Waals surface area contributed by atoms with Crippen LogP contribution in [0.4, 0.5) is 0 Å². The molecule has 31 heavy (non-hydrogen) atoms. The van der Waals surface area contributed by atoms with Gasteiger partial charge in [-0.15, -0.1) is 0 Å². The Labute approximate surface area is 177 Å². The molecule has 0 spiro atoms. The zero-order valence-corrected chi connectivity index (χ0v) is 17.3. The molecule has 3 rings (SSSR count). The molecule has 162 valence electrons. The van der Waals surface area contributed by atoms with Gasteiger partial charge in [-0.25, -0.2) is 9.59 Å². The van der Waals surface area contributed by atoms with Crippen LogP contribution in [0.1, 0.15) is 21.0 Å². The van der Waals surface area contributed by atoms with Crippen LogP contribution in [0.25, 0.3) is 22.3 Å². The molecule has 9 heteroatoms. The van der Waals surface area contributed by atoms with Crippen LogP contribution >= 0.6 is 0 Å². The van der Waals surface area contributed by atoms with Gasteiger partial charge in [0, 0.05) is 11.1 Å². The number of hydrogen-bond donors (Lipinski definition) is 3. The van der Waals surface area contributed by atoms with Crippen molar-refractivity contribution in [3.8, 4) is 45.3 Å². The van der Waals surface area contributed by atoms with Crippen molar-refractivity contribution in [2.24, 2.45) is 0 Å². The molecule has 0 unspecified atom stereocenters. The van der Waals surface area contributed by atoms with Crippen molar-refractivity contribution in [1.82, 2.24) is 4.98 Å². The van der Waals surface area contributed by atoms with Crippen LogP contribution in [-0.4, -0.2) is 55.6 Å². The average Bonchev–Trinajstić information content (AvgIpc) is 3.19. The first kappa shape index (κ1) is 21.6. The maximum Gasteiger partial charge on any atom is 0.352 e. The summed E-state index contributed by atoms with van der Waals surface area (Å²) < 4.78 is 21.2. The highest BCUT2D eigenvalue weighted by Crippen LogP contribution is 2.43. The molecular weight excluding hydrogens is 406 g/mol. The first-order valence-electron chi connectivity index (χ1n) is 9.03. The number of carbonyl (C=O) groups is 2. The third-order valence-corrected chi connectivity index (χ3v) is 4.77. The van der Waals surface area contributed by atoms with Crippen LogP contribution in [0.5, 0.6) is 23.0 Å². The van der Waals surface area contributed by atoms with E-state index in [9.17, 15) is 19.8 Å². The third kappa shape index (κ3) is 3.85. The van der Waals surface area contributed by atoms with E-state index in [-0.39, 0.29) is 22.5 Å². The lowest BCUT2D eigenvalue weighted by atomic mass is 9.94. The molecule has 0 saturated carbocycles. The van der Waals surface area contributed by atoms with Gasteiger partial charge < -0.3 is 34.1 Å². The van der Waals surface area contributed by atoms with Crippen molar-refractivity contribution in [1.29, 1.82) is 0 Å². The summed E-state index contributed by atoms with van der Waals surface area (Å²) >= 11 is 0. The number of methoxy groups -OCH3 is 4. The van der Waals surface area contributed by atoms with E-state index in [1.54, 1.807) is 36.4 Å². The third-order valence-electron chi connectivity index (χ3n) is 4.77. The number of carboxylic acid groups (broad SMARTS) is 2. The number of rotatable bonds is 8. The smallest absolute Gasteiger partial charge is 0.352 e. The van der Waals surface area contributed by atoms with Gasteiger partial charge in [-0.05, 0) is 35.4 Å². The number of ether oxygens (including phenoxy) is 4. The minimum Gasteiger partial charge on any atom is -0.493 e. The molecule has 0 amide bonds. The maximum atomic E-state index is 12.0. The Bertz CT molecular complexity index is 1060. The highest BCUT2D eigenvalue weighted by Gasteiger charge is 2.28. The molecule has 0 aliphatic rings. The highest BCUT2D eigenvalue weighted by atomic mass is 16.5. The second-order valence-electron chi connectivity index (χ2n) is 6.37. The number of hydrogen-bond acceptors (Lipinski definition) is 6. The molecule has 3 aromatic rings. The van der Waals surface area contributed by atoms with Gasteiger partial charge in [0.15, 0.2) is 23.0 Å². The number of aromatic amines is 1. The van der Waals surface area contributed by atoms with E-state index in [4.69, 9.17) is 18.9 Å². The molecule has 0 saturated heterocycles. The molecule has 3 N–H and O–H groups in total. The van der Waals surface area contributed by atoms with E-state index >= 15 is 0 Å². The minimum atomic E-state index is -1.31. The highest BCUT2D eigenvalue weighted by molar-refractivity contribution is 6.08. The largest absolute Gasteiger partial charge is 0.493 e. The predicted molar refractivity (Wildman–Crippen MR) is 112 cm³/mol. The van der Waals surface area contributed by atoms with Gasteiger partial charge in [0.1, 0.15) is 11.4 Å². The summed E-state index contributed by atoms with van der Waals surface area (Å²) in [6, 6.07) is 9.67. The van der Waals surface area contributed by atoms with Crippen molar-refractivity contribution in [2.45, 2.75) is 0 Å². The summed E-state index contributed by atoms with van der Waals surface area (Å²) in [6.45, 7) is 0. The Hall–Kier alpha value is -4.14. The van der Waals surface area contributed by atoms with Crippen LogP contribution in [0.2, 0.25) is 0 Å². The fraction of sp³-hybridized carbons (Fsp3) is 0.182. The van der Waals surface area contributed by atoms with Gasteiger partial charge in [0.25, 0.3) is 0 Å². The Kier molecular flexibility index (Phi) is 6.05. The molecule has 0 atom stereocenters. The Morgan fingerprint density at radius 1 is 0.645 bits per heavy atom. The van der Waals surface area contributed by atoms with Gasteiger partial charge in [0.05, 0.1) is 28.4 Å². The standard InChI is InChI=1S/C22H21NO8/c1-28-13-7-5-11(9-15(13)30-3)17-18(20(22(26)27)23-19(17)21(24)25)12-6-8-14(29-2)16(10-12)31-4/h5-10,23H,1-4H3,(H,24,25)(H,26,27). The Morgan fingerprint density at radius 2 is 1.00 bits per heavy atom. The van der Waals surface area contributed by atoms with Gasteiger partial charge in [0.2, 0.25) is 0 Å². The summed E-state index contributed by atoms with van der Waals surface area (Å²) in [7, 11) is 5.87. The first-order chi connectivity index (χ1) is 14.9. The predicted octanol–water partition coefficient (Wildman–Crippen LogP) is 3.78. The SMILES string of the molecule is COc1ccc(-c2c(C(=O)O)[nH]c(C(=O)O)c2-c2ccc(OC)c(OC)c2)cc1OC. The molecule has 0 fully saturated rings. The van der Waals surface area contributed by atoms with Gasteiger partial charge in [-0.1, -0.05) is 12.1 Å². The Morgan fingerprint density at radius 3 is 1.29 bits per heavy atom. The monoisotopic (exact) mass is 427 g/mol. The van der Waals surface area contributed by atoms with E-state index in [1.807, 2.05) is 0 Å². The zero-order valence-electron chi connectivity index (χ0n) is 17.3. The number of benzene rings is 2. The van der Waals surface area contributed by atoms with E-state index in [0.29, 0.717) is 34.1 Å². The maximum absolute atomic E-state index is 12.0. The van der Waals surface area contributed by atoms with Crippen LogP contribution in [0.3, 0.4) is 0 Å². The van der Waals surface area contributed by atoms with E-state index in [0.717, 1.165) is 0 Å². The molecule has 0 aliphatic carbocycles. The topological polar surface area (TPSA) is 127 Å². The van der Waals surface area contributed by atoms with Gasteiger partial charge in [-0.3, -0.25) is 0 Å². The number of nitrogens with one attached hydrogen (secondary N) is 1. The normalized spacial score (nSPS) is 10.5. The summed E-state index contributed by atoms with van der Waals surface area (Å²) in [5.41, 5.74) is 0.715. The number of aromatic carboxylic acids is 2. The summed E-state index contributed by atoms with van der Waals surface area (Å²) in [5, 5.41) is 19.6. The summed E-state index contributed by atoms with van der Waals surface area (Å²) in [4.78, 5) is 26.5. The molecular formula is C22H21NO8. The van der Waals surface area contributed by atoms with Crippen LogP contribution in [-0.2, 0) is 0 Å². The lowest BCUT2D eigenvalue weighted by Crippen LogP contribution is -2.01. The fourth-order valence-corrected chi connectivity index (χ4v) is 3.38. The number of aromatic nitrogens is 1. The van der Waals surface area contributed by atoms with Crippen LogP contribution in [0, 0.1) is 0 Å². The molecule has 1 aromatic heterocycles. The lowest BCUT2D eigenvalue weighted by Gasteiger charge is -2.13. The summed E-state index contributed by atoms with van der Waals surface area (Å²) in [5.74, 6) is -0.979. The van der Waals surface area contributed by atoms with Crippen LogP contribution in [0.15, 0.2) is 36.4 Å². The zero-order chi connectivity index (χ0) is 22.7. The molecule has 0 bridgehead atoms. The van der Waals surface area contributed by atoms with Gasteiger partial charge in [-0.2, -0.15) is 0 Å². The first-order valence-corrected chi connectivity index (χ1v) is 9.03. The lowest BCUT2D eigenvalue weighted by molar-refractivity contribution is 0.0690. The van der Waals surface area contributed by atoms with E-state index < -0.39 is 11.9 Å². The average molecular weight is 427 g/mol. The second kappa shape index (κ2) is 8.70. The summed E-state index contributed by atoms with van der Waals surface area (Å²) in [6.07, 6.45) is 0. The molecule has 1 heterocycles. The molecule has 2 aromatic carbocycles. The fourth-order valence-electron chi connectivity index (χ4n) is 3.38. The molecule has 0 radical (unpaired) electrons. The van der Waals surface area contributed by atoms with E-state index in [1.165, 1.54) is 28.4 Å². The van der Waals surface area contributed by atoms with E-state index in [2.05, 4.69) is 4.98 Å². The molecule has 9 nitrogen and oxygen atoms in total. The quantitative estimate of drug-likeness (QED) is 0.496. The van der Waals surface area contributed by atoms with Crippen molar-refractivity contribution in [3.05, 3.63) is 47.8 Å². The van der Waals surface area contributed by atoms with Crippen molar-refractivity contribution in [3.63, 3.8) is 0 Å². The van der Waals surface area contributed by atoms with Crippen molar-refractivity contribution < 1.29 is 38.7 Å². The Balaban J connectivity index is 2.38. The number of H-pyrrole nitrogens is 1. The number of carboxylic acids is 2. The molecule has 0 aliphatic heterocycles. The minimum absolute atomic E-state index is 0.193.